The Morgan fingerprint density at radius 1 is 1.54 bits per heavy atom. The molecule has 1 saturated carbocycles. The van der Waals surface area contributed by atoms with E-state index in [9.17, 15) is 9.90 Å². The number of carbonyl (C=O) groups is 1. The van der Waals surface area contributed by atoms with Crippen LogP contribution in [0.25, 0.3) is 0 Å². The van der Waals surface area contributed by atoms with Crippen molar-refractivity contribution in [3.63, 3.8) is 0 Å². The van der Waals surface area contributed by atoms with Gasteiger partial charge in [0.15, 0.2) is 0 Å². The van der Waals surface area contributed by atoms with Gasteiger partial charge in [-0.3, -0.25) is 4.79 Å². The summed E-state index contributed by atoms with van der Waals surface area (Å²) in [6.45, 7) is 10.2. The Morgan fingerprint density at radius 3 is 2.92 bits per heavy atom. The van der Waals surface area contributed by atoms with Crippen LogP contribution in [0.5, 0.6) is 0 Å². The number of aryl methyl sites for hydroxylation is 1. The lowest BCUT2D eigenvalue weighted by Gasteiger charge is -2.57. The van der Waals surface area contributed by atoms with Crippen LogP contribution in [0.2, 0.25) is 0 Å². The highest BCUT2D eigenvalue weighted by atomic mass is 16.5. The zero-order valence-corrected chi connectivity index (χ0v) is 15.5. The van der Waals surface area contributed by atoms with Crippen LogP contribution in [0.15, 0.2) is 10.7 Å². The first-order valence-electron chi connectivity index (χ1n) is 9.24. The van der Waals surface area contributed by atoms with E-state index >= 15 is 0 Å². The molecule has 0 aliphatic heterocycles. The number of ether oxygens (including phenoxy) is 1. The summed E-state index contributed by atoms with van der Waals surface area (Å²) in [6, 6.07) is 0. The first-order chi connectivity index (χ1) is 11.2. The molecule has 2 aliphatic carbocycles. The van der Waals surface area contributed by atoms with E-state index in [4.69, 9.17) is 9.15 Å². The SMILES string of the molecule is CCC(C)C(=O)O[C@@H]1c2c(C)coc2C[C@@]2(O)CCC[C@H](C)[C@@]12C. The van der Waals surface area contributed by atoms with Crippen molar-refractivity contribution >= 4 is 5.97 Å². The van der Waals surface area contributed by atoms with Crippen molar-refractivity contribution in [2.45, 2.75) is 78.4 Å². The molecule has 1 aromatic rings. The Morgan fingerprint density at radius 2 is 2.25 bits per heavy atom. The van der Waals surface area contributed by atoms with Crippen LogP contribution < -0.4 is 0 Å². The van der Waals surface area contributed by atoms with Crippen molar-refractivity contribution in [2.75, 3.05) is 0 Å². The van der Waals surface area contributed by atoms with Crippen molar-refractivity contribution in [3.05, 3.63) is 23.2 Å². The quantitative estimate of drug-likeness (QED) is 0.836. The second-order valence-electron chi connectivity index (χ2n) is 8.17. The fraction of sp³-hybridized carbons (Fsp3) is 0.750. The molecule has 24 heavy (non-hydrogen) atoms. The van der Waals surface area contributed by atoms with Gasteiger partial charge in [-0.2, -0.15) is 0 Å². The first kappa shape index (κ1) is 17.5. The van der Waals surface area contributed by atoms with Crippen molar-refractivity contribution in [3.8, 4) is 0 Å². The highest BCUT2D eigenvalue weighted by molar-refractivity contribution is 5.72. The Hall–Kier alpha value is -1.29. The Kier molecular flexibility index (Phi) is 4.31. The summed E-state index contributed by atoms with van der Waals surface area (Å²) < 4.78 is 11.8. The van der Waals surface area contributed by atoms with Crippen LogP contribution in [-0.2, 0) is 16.0 Å². The molecule has 4 nitrogen and oxygen atoms in total. The van der Waals surface area contributed by atoms with Crippen LogP contribution in [0, 0.1) is 24.2 Å². The van der Waals surface area contributed by atoms with Gasteiger partial charge in [0.1, 0.15) is 11.9 Å². The molecular weight excluding hydrogens is 304 g/mol. The number of aliphatic hydroxyl groups is 1. The third-order valence-electron chi connectivity index (χ3n) is 6.87. The van der Waals surface area contributed by atoms with Gasteiger partial charge in [0, 0.05) is 17.4 Å². The molecular formula is C20H30O4. The van der Waals surface area contributed by atoms with E-state index in [-0.39, 0.29) is 17.8 Å². The highest BCUT2D eigenvalue weighted by Gasteiger charge is 2.62. The number of rotatable bonds is 3. The highest BCUT2D eigenvalue weighted by Crippen LogP contribution is 2.61. The predicted octanol–water partition coefficient (Wildman–Crippen LogP) is 4.33. The predicted molar refractivity (Wildman–Crippen MR) is 91.5 cm³/mol. The smallest absolute Gasteiger partial charge is 0.309 e. The molecule has 0 spiro atoms. The maximum absolute atomic E-state index is 12.6. The largest absolute Gasteiger partial charge is 0.469 e. The number of furan rings is 1. The van der Waals surface area contributed by atoms with Crippen LogP contribution in [0.1, 0.15) is 76.4 Å². The summed E-state index contributed by atoms with van der Waals surface area (Å²) in [5.41, 5.74) is 0.610. The van der Waals surface area contributed by atoms with Crippen molar-refractivity contribution < 1.29 is 19.1 Å². The van der Waals surface area contributed by atoms with Crippen molar-refractivity contribution in [1.82, 2.24) is 0 Å². The Balaban J connectivity index is 2.10. The van der Waals surface area contributed by atoms with Gasteiger partial charge in [-0.15, -0.1) is 0 Å². The van der Waals surface area contributed by atoms with Gasteiger partial charge in [-0.1, -0.05) is 34.1 Å². The molecule has 1 heterocycles. The standard InChI is InChI=1S/C20H30O4/c1-6-12(2)18(21)24-17-16-13(3)11-23-15(16)10-20(22)9-7-8-14(4)19(17,20)5/h11-12,14,17,22H,6-10H2,1-5H3/t12?,14-,17+,19-,20-/m0/s1. The summed E-state index contributed by atoms with van der Waals surface area (Å²) in [5, 5.41) is 11.5. The number of fused-ring (bicyclic) bond motifs is 2. The number of esters is 1. The van der Waals surface area contributed by atoms with Gasteiger partial charge >= 0.3 is 5.97 Å². The zero-order chi connectivity index (χ0) is 17.7. The second-order valence-corrected chi connectivity index (χ2v) is 8.17. The molecule has 0 radical (unpaired) electrons. The van der Waals surface area contributed by atoms with Crippen LogP contribution in [-0.4, -0.2) is 16.7 Å². The molecule has 1 N–H and O–H groups in total. The number of hydrogen-bond acceptors (Lipinski definition) is 4. The van der Waals surface area contributed by atoms with Gasteiger partial charge in [-0.05, 0) is 37.7 Å². The monoisotopic (exact) mass is 334 g/mol. The fourth-order valence-electron chi connectivity index (χ4n) is 4.65. The van der Waals surface area contributed by atoms with E-state index in [1.807, 2.05) is 20.8 Å². The van der Waals surface area contributed by atoms with Crippen molar-refractivity contribution in [2.24, 2.45) is 17.3 Å². The van der Waals surface area contributed by atoms with Crippen LogP contribution in [0.3, 0.4) is 0 Å². The average molecular weight is 334 g/mol. The van der Waals surface area contributed by atoms with E-state index in [1.165, 1.54) is 0 Å². The molecule has 5 atom stereocenters. The zero-order valence-electron chi connectivity index (χ0n) is 15.5. The van der Waals surface area contributed by atoms with Crippen LogP contribution >= 0.6 is 0 Å². The summed E-state index contributed by atoms with van der Waals surface area (Å²) in [6.07, 6.45) is 5.31. The van der Waals surface area contributed by atoms with Crippen LogP contribution in [0.4, 0.5) is 0 Å². The third kappa shape index (κ3) is 2.33. The molecule has 0 bridgehead atoms. The summed E-state index contributed by atoms with van der Waals surface area (Å²) in [4.78, 5) is 12.6. The Labute approximate surface area is 144 Å². The molecule has 134 valence electrons. The summed E-state index contributed by atoms with van der Waals surface area (Å²) in [5.74, 6) is 0.729. The van der Waals surface area contributed by atoms with Gasteiger partial charge in [-0.25, -0.2) is 0 Å². The van der Waals surface area contributed by atoms with Gasteiger partial charge < -0.3 is 14.3 Å². The third-order valence-corrected chi connectivity index (χ3v) is 6.87. The van der Waals surface area contributed by atoms with E-state index in [0.29, 0.717) is 6.42 Å². The fourth-order valence-corrected chi connectivity index (χ4v) is 4.65. The van der Waals surface area contributed by atoms with Gasteiger partial charge in [0.2, 0.25) is 0 Å². The molecule has 4 heteroatoms. The number of hydrogen-bond donors (Lipinski definition) is 1. The molecule has 1 unspecified atom stereocenters. The van der Waals surface area contributed by atoms with E-state index < -0.39 is 17.1 Å². The lowest BCUT2D eigenvalue weighted by atomic mass is 9.51. The molecule has 1 aromatic heterocycles. The minimum absolute atomic E-state index is 0.141. The lowest BCUT2D eigenvalue weighted by molar-refractivity contribution is -0.214. The molecule has 0 saturated heterocycles. The van der Waals surface area contributed by atoms with E-state index in [1.54, 1.807) is 6.26 Å². The second kappa shape index (κ2) is 5.91. The van der Waals surface area contributed by atoms with E-state index in [2.05, 4.69) is 13.8 Å². The number of carbonyl (C=O) groups excluding carboxylic acids is 1. The minimum Gasteiger partial charge on any atom is -0.469 e. The average Bonchev–Trinajstić information content (AvgIpc) is 2.89. The maximum Gasteiger partial charge on any atom is 0.309 e. The topological polar surface area (TPSA) is 59.7 Å². The summed E-state index contributed by atoms with van der Waals surface area (Å²) in [7, 11) is 0. The first-order valence-corrected chi connectivity index (χ1v) is 9.24. The summed E-state index contributed by atoms with van der Waals surface area (Å²) >= 11 is 0. The maximum atomic E-state index is 12.6. The molecule has 0 amide bonds. The van der Waals surface area contributed by atoms with Crippen molar-refractivity contribution in [1.29, 1.82) is 0 Å². The normalized spacial score (nSPS) is 36.6. The minimum atomic E-state index is -0.887. The molecule has 3 rings (SSSR count). The lowest BCUT2D eigenvalue weighted by Crippen LogP contribution is -2.60. The molecule has 0 aromatic carbocycles. The molecule has 2 aliphatic rings. The van der Waals surface area contributed by atoms with Gasteiger partial charge in [0.25, 0.3) is 0 Å². The molecule has 1 fully saturated rings. The van der Waals surface area contributed by atoms with Gasteiger partial charge in [0.05, 0.1) is 17.8 Å². The Bertz CT molecular complexity index is 634. The van der Waals surface area contributed by atoms with E-state index in [0.717, 1.165) is 42.6 Å².